The molecule has 1 aliphatic heterocycles. The Morgan fingerprint density at radius 3 is 2.17 bits per heavy atom. The van der Waals surface area contributed by atoms with Crippen molar-refractivity contribution in [3.63, 3.8) is 0 Å². The average Bonchev–Trinajstić information content (AvgIpc) is 2.87. The summed E-state index contributed by atoms with van der Waals surface area (Å²) in [7, 11) is 0. The van der Waals surface area contributed by atoms with Gasteiger partial charge in [-0.15, -0.1) is 0 Å². The van der Waals surface area contributed by atoms with E-state index in [1.165, 1.54) is 11.1 Å². The molecule has 0 amide bonds. The summed E-state index contributed by atoms with van der Waals surface area (Å²) in [6.07, 6.45) is 1.27. The van der Waals surface area contributed by atoms with E-state index in [9.17, 15) is 4.79 Å². The zero-order valence-corrected chi connectivity index (χ0v) is 10.0. The lowest BCUT2D eigenvalue weighted by molar-refractivity contribution is -0.141. The highest BCUT2D eigenvalue weighted by molar-refractivity contribution is 5.72. The van der Waals surface area contributed by atoms with Gasteiger partial charge in [0.2, 0.25) is 0 Å². The van der Waals surface area contributed by atoms with Crippen LogP contribution in [0.3, 0.4) is 0 Å². The lowest BCUT2D eigenvalue weighted by Crippen LogP contribution is -1.98. The van der Waals surface area contributed by atoms with Gasteiger partial charge < -0.3 is 4.74 Å². The Kier molecular flexibility index (Phi) is 2.85. The molecular formula is C16H14O2. The zero-order chi connectivity index (χ0) is 12.4. The first kappa shape index (κ1) is 11.0. The van der Waals surface area contributed by atoms with Crippen molar-refractivity contribution in [1.82, 2.24) is 0 Å². The SMILES string of the molecule is O=C1CC[C@H](c2ccc(-c3ccccc3)cc2)O1. The van der Waals surface area contributed by atoms with Crippen LogP contribution >= 0.6 is 0 Å². The van der Waals surface area contributed by atoms with Gasteiger partial charge in [-0.3, -0.25) is 4.79 Å². The van der Waals surface area contributed by atoms with Crippen molar-refractivity contribution in [1.29, 1.82) is 0 Å². The molecule has 0 unspecified atom stereocenters. The molecule has 0 N–H and O–H groups in total. The highest BCUT2D eigenvalue weighted by atomic mass is 16.5. The summed E-state index contributed by atoms with van der Waals surface area (Å²) in [5.41, 5.74) is 3.47. The summed E-state index contributed by atoms with van der Waals surface area (Å²) in [6.45, 7) is 0. The first-order valence-electron chi connectivity index (χ1n) is 6.18. The average molecular weight is 238 g/mol. The normalized spacial score (nSPS) is 18.7. The quantitative estimate of drug-likeness (QED) is 0.745. The van der Waals surface area contributed by atoms with Gasteiger partial charge in [0, 0.05) is 6.42 Å². The second-order valence-electron chi connectivity index (χ2n) is 4.51. The first-order valence-corrected chi connectivity index (χ1v) is 6.18. The van der Waals surface area contributed by atoms with E-state index >= 15 is 0 Å². The first-order chi connectivity index (χ1) is 8.83. The van der Waals surface area contributed by atoms with Gasteiger partial charge in [0.15, 0.2) is 0 Å². The molecule has 0 saturated carbocycles. The highest BCUT2D eigenvalue weighted by Gasteiger charge is 2.24. The standard InChI is InChI=1S/C16H14O2/c17-16-11-10-15(18-16)14-8-6-13(7-9-14)12-4-2-1-3-5-12/h1-9,15H,10-11H2/t15-/m1/s1. The van der Waals surface area contributed by atoms with Crippen molar-refractivity contribution in [2.24, 2.45) is 0 Å². The summed E-state index contributed by atoms with van der Waals surface area (Å²) in [5.74, 6) is -0.0906. The molecule has 2 aromatic carbocycles. The third-order valence-corrected chi connectivity index (χ3v) is 3.27. The molecule has 2 nitrogen and oxygen atoms in total. The number of hydrogen-bond donors (Lipinski definition) is 0. The number of rotatable bonds is 2. The molecule has 0 spiro atoms. The Hall–Kier alpha value is -2.09. The van der Waals surface area contributed by atoms with Gasteiger partial charge in [-0.1, -0.05) is 54.6 Å². The van der Waals surface area contributed by atoms with Crippen LogP contribution in [0.25, 0.3) is 11.1 Å². The number of hydrogen-bond acceptors (Lipinski definition) is 2. The Bertz CT molecular complexity index is 543. The van der Waals surface area contributed by atoms with Crippen LogP contribution in [0.2, 0.25) is 0 Å². The third kappa shape index (κ3) is 2.14. The van der Waals surface area contributed by atoms with E-state index < -0.39 is 0 Å². The Labute approximate surface area is 106 Å². The molecule has 2 heteroatoms. The summed E-state index contributed by atoms with van der Waals surface area (Å²) in [6, 6.07) is 18.5. The Balaban J connectivity index is 1.83. The minimum atomic E-state index is -0.0906. The van der Waals surface area contributed by atoms with E-state index in [-0.39, 0.29) is 12.1 Å². The highest BCUT2D eigenvalue weighted by Crippen LogP contribution is 2.30. The monoisotopic (exact) mass is 238 g/mol. The van der Waals surface area contributed by atoms with Gasteiger partial charge in [0.1, 0.15) is 6.10 Å². The topological polar surface area (TPSA) is 26.3 Å². The number of cyclic esters (lactones) is 1. The van der Waals surface area contributed by atoms with Crippen molar-refractivity contribution in [2.45, 2.75) is 18.9 Å². The molecule has 0 radical (unpaired) electrons. The predicted octanol–water partition coefficient (Wildman–Crippen LogP) is 3.73. The summed E-state index contributed by atoms with van der Waals surface area (Å²) >= 11 is 0. The molecule has 1 fully saturated rings. The fraction of sp³-hybridized carbons (Fsp3) is 0.188. The fourth-order valence-electron chi connectivity index (χ4n) is 2.28. The lowest BCUT2D eigenvalue weighted by atomic mass is 10.0. The second-order valence-corrected chi connectivity index (χ2v) is 4.51. The molecule has 1 atom stereocenters. The van der Waals surface area contributed by atoms with Crippen LogP contribution in [0.5, 0.6) is 0 Å². The zero-order valence-electron chi connectivity index (χ0n) is 10.0. The number of carbonyl (C=O) groups is 1. The molecule has 0 aromatic heterocycles. The molecule has 18 heavy (non-hydrogen) atoms. The second kappa shape index (κ2) is 4.65. The maximum absolute atomic E-state index is 11.1. The van der Waals surface area contributed by atoms with Crippen LogP contribution in [-0.2, 0) is 9.53 Å². The largest absolute Gasteiger partial charge is 0.457 e. The van der Waals surface area contributed by atoms with Gasteiger partial charge in [-0.2, -0.15) is 0 Å². The number of ether oxygens (including phenoxy) is 1. The van der Waals surface area contributed by atoms with E-state index in [1.807, 2.05) is 30.3 Å². The number of esters is 1. The molecule has 1 aliphatic rings. The van der Waals surface area contributed by atoms with Crippen molar-refractivity contribution >= 4 is 5.97 Å². The summed E-state index contributed by atoms with van der Waals surface area (Å²) in [5, 5.41) is 0. The van der Waals surface area contributed by atoms with E-state index in [4.69, 9.17) is 4.74 Å². The minimum Gasteiger partial charge on any atom is -0.457 e. The minimum absolute atomic E-state index is 0.0534. The van der Waals surface area contributed by atoms with Crippen molar-refractivity contribution < 1.29 is 9.53 Å². The molecule has 0 aliphatic carbocycles. The van der Waals surface area contributed by atoms with Crippen molar-refractivity contribution in [3.05, 3.63) is 60.2 Å². The van der Waals surface area contributed by atoms with Gasteiger partial charge in [0.05, 0.1) is 0 Å². The summed E-state index contributed by atoms with van der Waals surface area (Å²) < 4.78 is 5.25. The van der Waals surface area contributed by atoms with Gasteiger partial charge in [-0.05, 0) is 23.1 Å². The van der Waals surface area contributed by atoms with Crippen molar-refractivity contribution in [2.75, 3.05) is 0 Å². The fourth-order valence-corrected chi connectivity index (χ4v) is 2.28. The predicted molar refractivity (Wildman–Crippen MR) is 69.9 cm³/mol. The maximum atomic E-state index is 11.1. The number of carbonyl (C=O) groups excluding carboxylic acids is 1. The Morgan fingerprint density at radius 2 is 1.56 bits per heavy atom. The van der Waals surface area contributed by atoms with Crippen LogP contribution in [0, 0.1) is 0 Å². The Morgan fingerprint density at radius 1 is 0.889 bits per heavy atom. The molecule has 3 rings (SSSR count). The van der Waals surface area contributed by atoms with Gasteiger partial charge in [-0.25, -0.2) is 0 Å². The third-order valence-electron chi connectivity index (χ3n) is 3.27. The van der Waals surface area contributed by atoms with Crippen LogP contribution < -0.4 is 0 Å². The van der Waals surface area contributed by atoms with Crippen molar-refractivity contribution in [3.8, 4) is 11.1 Å². The van der Waals surface area contributed by atoms with E-state index in [2.05, 4.69) is 24.3 Å². The maximum Gasteiger partial charge on any atom is 0.306 e. The van der Waals surface area contributed by atoms with E-state index in [1.54, 1.807) is 0 Å². The van der Waals surface area contributed by atoms with Crippen LogP contribution in [-0.4, -0.2) is 5.97 Å². The van der Waals surface area contributed by atoms with Crippen LogP contribution in [0.1, 0.15) is 24.5 Å². The van der Waals surface area contributed by atoms with E-state index in [0.717, 1.165) is 12.0 Å². The van der Waals surface area contributed by atoms with Gasteiger partial charge >= 0.3 is 5.97 Å². The summed E-state index contributed by atoms with van der Waals surface area (Å²) in [4.78, 5) is 11.1. The molecule has 1 heterocycles. The molecule has 0 bridgehead atoms. The van der Waals surface area contributed by atoms with Gasteiger partial charge in [0.25, 0.3) is 0 Å². The van der Waals surface area contributed by atoms with E-state index in [0.29, 0.717) is 6.42 Å². The van der Waals surface area contributed by atoms with Crippen LogP contribution in [0.15, 0.2) is 54.6 Å². The molecule has 90 valence electrons. The molecular weight excluding hydrogens is 224 g/mol. The molecule has 1 saturated heterocycles. The lowest BCUT2D eigenvalue weighted by Gasteiger charge is -2.10. The molecule has 2 aromatic rings. The van der Waals surface area contributed by atoms with Crippen LogP contribution in [0.4, 0.5) is 0 Å². The smallest absolute Gasteiger partial charge is 0.306 e. The number of benzene rings is 2.